The largest absolute Gasteiger partial charge is 0.315 e. The van der Waals surface area contributed by atoms with Crippen LogP contribution in [0.25, 0.3) is 21.9 Å². The fourth-order valence-electron chi connectivity index (χ4n) is 3.53. The highest BCUT2D eigenvalue weighted by Crippen LogP contribution is 2.25. The number of hydroxylamine groups is 2. The van der Waals surface area contributed by atoms with E-state index in [0.29, 0.717) is 11.9 Å². The fraction of sp³-hybridized carbons (Fsp3) is 0.304. The molecule has 0 saturated carbocycles. The number of nitrogens with zero attached hydrogens (tertiary/aromatic N) is 1. The zero-order valence-corrected chi connectivity index (χ0v) is 19.5. The van der Waals surface area contributed by atoms with Crippen LogP contribution in [0.2, 0.25) is 0 Å². The first kappa shape index (κ1) is 24.6. The number of pyridine rings is 1. The van der Waals surface area contributed by atoms with Crippen molar-refractivity contribution in [2.75, 3.05) is 13.4 Å². The molecular weight excluding hydrogens is 446 g/mol. The standard InChI is InChI=1S/C23H27N3O6S/c1-23(22(28)25-29,33(3,30)31)11-13-26-12-10-19-14-18(8-9-20(19)21(26)27)17-6-4-16(5-7-17)15-24-32-2/h4-10,12,14,24,29H,11,13,15H2,1-3H3,(H,25,28)/t23-/m1/s1. The molecular formula is C23H27N3O6S. The molecule has 3 aromatic rings. The molecule has 0 bridgehead atoms. The van der Waals surface area contributed by atoms with Crippen LogP contribution in [-0.2, 0) is 32.6 Å². The predicted octanol–water partition coefficient (Wildman–Crippen LogP) is 2.02. The van der Waals surface area contributed by atoms with E-state index in [-0.39, 0.29) is 18.5 Å². The van der Waals surface area contributed by atoms with Crippen molar-refractivity contribution in [3.05, 3.63) is 70.6 Å². The number of sulfone groups is 1. The molecule has 176 valence electrons. The summed E-state index contributed by atoms with van der Waals surface area (Å²) >= 11 is 0. The van der Waals surface area contributed by atoms with E-state index in [9.17, 15) is 18.0 Å². The molecule has 3 N–H and O–H groups in total. The van der Waals surface area contributed by atoms with Crippen LogP contribution in [0.15, 0.2) is 59.5 Å². The molecule has 1 atom stereocenters. The fourth-order valence-corrected chi connectivity index (χ4v) is 4.38. The lowest BCUT2D eigenvalue weighted by Crippen LogP contribution is -2.49. The molecule has 0 saturated heterocycles. The second-order valence-electron chi connectivity index (χ2n) is 8.03. The summed E-state index contributed by atoms with van der Waals surface area (Å²) in [6, 6.07) is 15.3. The number of fused-ring (bicyclic) bond motifs is 1. The van der Waals surface area contributed by atoms with E-state index in [0.717, 1.165) is 28.3 Å². The molecule has 1 heterocycles. The summed E-state index contributed by atoms with van der Waals surface area (Å²) in [5.41, 5.74) is 6.94. The first-order valence-electron chi connectivity index (χ1n) is 10.2. The maximum atomic E-state index is 13.0. The second kappa shape index (κ2) is 9.84. The number of hydrogen-bond acceptors (Lipinski definition) is 7. The molecule has 0 aliphatic heterocycles. The molecule has 2 aromatic carbocycles. The minimum Gasteiger partial charge on any atom is -0.315 e. The summed E-state index contributed by atoms with van der Waals surface area (Å²) in [5.74, 6) is -1.03. The van der Waals surface area contributed by atoms with Gasteiger partial charge in [-0.25, -0.2) is 13.9 Å². The van der Waals surface area contributed by atoms with Crippen molar-refractivity contribution in [2.24, 2.45) is 0 Å². The molecule has 1 amide bonds. The number of benzene rings is 2. The second-order valence-corrected chi connectivity index (χ2v) is 10.5. The minimum atomic E-state index is -3.84. The summed E-state index contributed by atoms with van der Waals surface area (Å²) in [6.07, 6.45) is 2.33. The van der Waals surface area contributed by atoms with Gasteiger partial charge >= 0.3 is 0 Å². The third-order valence-electron chi connectivity index (χ3n) is 5.91. The molecule has 0 aliphatic rings. The zero-order chi connectivity index (χ0) is 24.2. The van der Waals surface area contributed by atoms with Gasteiger partial charge in [-0.15, -0.1) is 0 Å². The van der Waals surface area contributed by atoms with E-state index in [4.69, 9.17) is 10.0 Å². The zero-order valence-electron chi connectivity index (χ0n) is 18.7. The number of amides is 1. The van der Waals surface area contributed by atoms with Crippen LogP contribution in [-0.4, -0.2) is 42.2 Å². The van der Waals surface area contributed by atoms with Gasteiger partial charge in [0, 0.05) is 30.9 Å². The maximum Gasteiger partial charge on any atom is 0.264 e. The number of aryl methyl sites for hydroxylation is 1. The van der Waals surface area contributed by atoms with Crippen LogP contribution in [0.5, 0.6) is 0 Å². The summed E-state index contributed by atoms with van der Waals surface area (Å²) in [6.45, 7) is 1.81. The minimum absolute atomic E-state index is 0.00944. The van der Waals surface area contributed by atoms with Gasteiger partial charge in [-0.1, -0.05) is 30.3 Å². The first-order chi connectivity index (χ1) is 15.6. The number of rotatable bonds is 9. The van der Waals surface area contributed by atoms with Gasteiger partial charge in [-0.3, -0.25) is 14.8 Å². The SMILES string of the molecule is CONCc1ccc(-c2ccc3c(=O)n(CC[C@](C)(C(=O)NO)S(C)(=O)=O)ccc3c2)cc1. The summed E-state index contributed by atoms with van der Waals surface area (Å²) in [7, 11) is -2.28. The summed E-state index contributed by atoms with van der Waals surface area (Å²) in [4.78, 5) is 29.8. The van der Waals surface area contributed by atoms with E-state index >= 15 is 0 Å². The Balaban J connectivity index is 1.87. The molecule has 3 rings (SSSR count). The van der Waals surface area contributed by atoms with Gasteiger partial charge in [0.2, 0.25) is 0 Å². The van der Waals surface area contributed by atoms with Gasteiger partial charge in [0.1, 0.15) is 0 Å². The van der Waals surface area contributed by atoms with E-state index in [2.05, 4.69) is 5.48 Å². The Morgan fingerprint density at radius 2 is 1.79 bits per heavy atom. The van der Waals surface area contributed by atoms with Crippen molar-refractivity contribution in [1.82, 2.24) is 15.5 Å². The molecule has 0 aliphatic carbocycles. The monoisotopic (exact) mass is 473 g/mol. The highest BCUT2D eigenvalue weighted by Gasteiger charge is 2.43. The third kappa shape index (κ3) is 5.14. The molecule has 0 radical (unpaired) electrons. The normalized spacial score (nSPS) is 13.6. The van der Waals surface area contributed by atoms with Gasteiger partial charge in [0.25, 0.3) is 11.5 Å². The van der Waals surface area contributed by atoms with Crippen LogP contribution >= 0.6 is 0 Å². The smallest absolute Gasteiger partial charge is 0.264 e. The molecule has 0 fully saturated rings. The Labute approximate surface area is 191 Å². The van der Waals surface area contributed by atoms with Gasteiger partial charge in [0.05, 0.1) is 7.11 Å². The van der Waals surface area contributed by atoms with E-state index in [1.807, 2.05) is 36.4 Å². The van der Waals surface area contributed by atoms with Gasteiger partial charge in [-0.2, -0.15) is 5.48 Å². The van der Waals surface area contributed by atoms with Crippen molar-refractivity contribution in [3.8, 4) is 11.1 Å². The van der Waals surface area contributed by atoms with E-state index in [1.165, 1.54) is 17.0 Å². The van der Waals surface area contributed by atoms with Gasteiger partial charge in [-0.05, 0) is 53.6 Å². The topological polar surface area (TPSA) is 127 Å². The van der Waals surface area contributed by atoms with Gasteiger partial charge < -0.3 is 9.40 Å². The number of nitrogens with one attached hydrogen (secondary N) is 2. The number of aromatic nitrogens is 1. The molecule has 0 spiro atoms. The van der Waals surface area contributed by atoms with Crippen molar-refractivity contribution in [1.29, 1.82) is 0 Å². The molecule has 0 unspecified atom stereocenters. The Bertz CT molecular complexity index is 1320. The van der Waals surface area contributed by atoms with E-state index < -0.39 is 20.5 Å². The van der Waals surface area contributed by atoms with Gasteiger partial charge in [0.15, 0.2) is 14.6 Å². The predicted molar refractivity (Wildman–Crippen MR) is 125 cm³/mol. The molecule has 1 aromatic heterocycles. The quantitative estimate of drug-likeness (QED) is 0.321. The van der Waals surface area contributed by atoms with Crippen molar-refractivity contribution in [3.63, 3.8) is 0 Å². The average molecular weight is 474 g/mol. The first-order valence-corrected chi connectivity index (χ1v) is 12.1. The highest BCUT2D eigenvalue weighted by molar-refractivity contribution is 7.92. The Morgan fingerprint density at radius 3 is 2.39 bits per heavy atom. The van der Waals surface area contributed by atoms with Crippen LogP contribution in [0, 0.1) is 0 Å². The van der Waals surface area contributed by atoms with Crippen LogP contribution in [0.1, 0.15) is 18.9 Å². The van der Waals surface area contributed by atoms with Crippen molar-refractivity contribution >= 4 is 26.5 Å². The lowest BCUT2D eigenvalue weighted by molar-refractivity contribution is -0.131. The Morgan fingerprint density at radius 1 is 1.12 bits per heavy atom. The summed E-state index contributed by atoms with van der Waals surface area (Å²) in [5, 5.41) is 10.2. The molecule has 10 heteroatoms. The Kier molecular flexibility index (Phi) is 7.33. The van der Waals surface area contributed by atoms with Crippen LogP contribution in [0.3, 0.4) is 0 Å². The molecule has 33 heavy (non-hydrogen) atoms. The van der Waals surface area contributed by atoms with Crippen LogP contribution < -0.4 is 16.5 Å². The lowest BCUT2D eigenvalue weighted by Gasteiger charge is -2.25. The molecule has 9 nitrogen and oxygen atoms in total. The number of carbonyl (C=O) groups excluding carboxylic acids is 1. The number of carbonyl (C=O) groups is 1. The Hall–Kier alpha value is -3.05. The van der Waals surface area contributed by atoms with Crippen molar-refractivity contribution in [2.45, 2.75) is 31.2 Å². The highest BCUT2D eigenvalue weighted by atomic mass is 32.2. The van der Waals surface area contributed by atoms with Crippen LogP contribution in [0.4, 0.5) is 0 Å². The average Bonchev–Trinajstić information content (AvgIpc) is 2.81. The van der Waals surface area contributed by atoms with Crippen molar-refractivity contribution < 1.29 is 23.3 Å². The van der Waals surface area contributed by atoms with E-state index in [1.54, 1.807) is 25.4 Å². The number of hydrogen-bond donors (Lipinski definition) is 3. The summed E-state index contributed by atoms with van der Waals surface area (Å²) < 4.78 is 23.8. The third-order valence-corrected chi connectivity index (χ3v) is 7.94. The lowest BCUT2D eigenvalue weighted by atomic mass is 10.0. The maximum absolute atomic E-state index is 13.0.